The van der Waals surface area contributed by atoms with Crippen LogP contribution >= 0.6 is 23.2 Å². The second kappa shape index (κ2) is 5.69. The minimum absolute atomic E-state index is 0.0576. The zero-order valence-corrected chi connectivity index (χ0v) is 13.1. The Morgan fingerprint density at radius 2 is 2.00 bits per heavy atom. The average molecular weight is 354 g/mol. The van der Waals surface area contributed by atoms with E-state index in [-0.39, 0.29) is 16.5 Å². The van der Waals surface area contributed by atoms with Crippen LogP contribution in [0.4, 0.5) is 5.69 Å². The smallest absolute Gasteiger partial charge is 0.307 e. The summed E-state index contributed by atoms with van der Waals surface area (Å²) in [6.07, 6.45) is 2.40. The van der Waals surface area contributed by atoms with Gasteiger partial charge >= 0.3 is 5.69 Å². The van der Waals surface area contributed by atoms with Gasteiger partial charge in [-0.1, -0.05) is 23.2 Å². The molecule has 1 aromatic rings. The molecule has 1 aliphatic carbocycles. The van der Waals surface area contributed by atoms with E-state index in [0.29, 0.717) is 0 Å². The monoisotopic (exact) mass is 353 g/mol. The molecule has 0 heterocycles. The van der Waals surface area contributed by atoms with Crippen molar-refractivity contribution in [3.8, 4) is 0 Å². The van der Waals surface area contributed by atoms with Crippen LogP contribution in [0, 0.1) is 10.1 Å². The van der Waals surface area contributed by atoms with Gasteiger partial charge in [0.15, 0.2) is 0 Å². The average Bonchev–Trinajstić information content (AvgIpc) is 2.33. The van der Waals surface area contributed by atoms with Gasteiger partial charge in [0, 0.05) is 12.1 Å². The lowest BCUT2D eigenvalue weighted by atomic mass is 9.78. The van der Waals surface area contributed by atoms with Gasteiger partial charge in [0.2, 0.25) is 10.0 Å². The highest BCUT2D eigenvalue weighted by atomic mass is 35.5. The van der Waals surface area contributed by atoms with Crippen molar-refractivity contribution in [1.29, 1.82) is 0 Å². The van der Waals surface area contributed by atoms with E-state index < -0.39 is 31.2 Å². The third kappa shape index (κ3) is 3.29. The minimum Gasteiger partial charge on any atom is -0.324 e. The van der Waals surface area contributed by atoms with Crippen molar-refractivity contribution >= 4 is 38.9 Å². The van der Waals surface area contributed by atoms with Crippen LogP contribution in [-0.4, -0.2) is 25.4 Å². The third-order valence-corrected chi connectivity index (χ3v) is 5.71. The SMILES string of the molecule is NC1(CNS(=O)(=O)c2ccc(Cl)c([N+](=O)[O-])c2Cl)CCC1. The molecule has 3 N–H and O–H groups in total. The van der Waals surface area contributed by atoms with Gasteiger partial charge in [-0.05, 0) is 31.4 Å². The Kier molecular flexibility index (Phi) is 4.46. The highest BCUT2D eigenvalue weighted by Crippen LogP contribution is 2.37. The largest absolute Gasteiger partial charge is 0.324 e. The van der Waals surface area contributed by atoms with Crippen LogP contribution in [0.5, 0.6) is 0 Å². The molecule has 0 bridgehead atoms. The van der Waals surface area contributed by atoms with Crippen molar-refractivity contribution in [3.05, 3.63) is 32.3 Å². The van der Waals surface area contributed by atoms with E-state index in [4.69, 9.17) is 28.9 Å². The molecule has 0 atom stereocenters. The summed E-state index contributed by atoms with van der Waals surface area (Å²) in [4.78, 5) is 9.69. The van der Waals surface area contributed by atoms with Crippen molar-refractivity contribution in [2.24, 2.45) is 5.73 Å². The molecule has 21 heavy (non-hydrogen) atoms. The van der Waals surface area contributed by atoms with Gasteiger partial charge in [-0.25, -0.2) is 13.1 Å². The Bertz CT molecular complexity index is 689. The van der Waals surface area contributed by atoms with E-state index in [1.807, 2.05) is 0 Å². The first kappa shape index (κ1) is 16.4. The van der Waals surface area contributed by atoms with Crippen LogP contribution in [0.25, 0.3) is 0 Å². The number of nitrogens with zero attached hydrogens (tertiary/aromatic N) is 1. The Morgan fingerprint density at radius 1 is 1.38 bits per heavy atom. The lowest BCUT2D eigenvalue weighted by molar-refractivity contribution is -0.384. The van der Waals surface area contributed by atoms with Gasteiger partial charge in [0.1, 0.15) is 14.9 Å². The van der Waals surface area contributed by atoms with E-state index >= 15 is 0 Å². The maximum atomic E-state index is 12.2. The molecule has 0 aliphatic heterocycles. The number of nitrogens with one attached hydrogen (secondary N) is 1. The predicted octanol–water partition coefficient (Wildman–Crippen LogP) is 2.06. The second-order valence-corrected chi connectivity index (χ2v) is 7.53. The summed E-state index contributed by atoms with van der Waals surface area (Å²) in [5.41, 5.74) is 4.75. The molecule has 0 radical (unpaired) electrons. The van der Waals surface area contributed by atoms with E-state index in [1.54, 1.807) is 0 Å². The molecule has 1 saturated carbocycles. The van der Waals surface area contributed by atoms with Crippen molar-refractivity contribution in [2.75, 3.05) is 6.54 Å². The highest BCUT2D eigenvalue weighted by molar-refractivity contribution is 7.89. The molecule has 1 aromatic carbocycles. The quantitative estimate of drug-likeness (QED) is 0.620. The molecule has 10 heteroatoms. The van der Waals surface area contributed by atoms with Crippen LogP contribution in [0.1, 0.15) is 19.3 Å². The zero-order chi connectivity index (χ0) is 15.8. The molecule has 7 nitrogen and oxygen atoms in total. The summed E-state index contributed by atoms with van der Waals surface area (Å²) in [5.74, 6) is 0. The Balaban J connectivity index is 2.32. The first-order valence-electron chi connectivity index (χ1n) is 6.07. The Morgan fingerprint density at radius 3 is 2.48 bits per heavy atom. The minimum atomic E-state index is -4.00. The lowest BCUT2D eigenvalue weighted by Crippen LogP contribution is -2.54. The normalized spacial score (nSPS) is 17.3. The molecule has 2 rings (SSSR count). The van der Waals surface area contributed by atoms with Crippen LogP contribution in [0.15, 0.2) is 17.0 Å². The number of halogens is 2. The number of nitro groups is 1. The molecular formula is C11H13Cl2N3O4S. The molecule has 0 unspecified atom stereocenters. The first-order valence-corrected chi connectivity index (χ1v) is 8.31. The number of hydrogen-bond acceptors (Lipinski definition) is 5. The fourth-order valence-electron chi connectivity index (χ4n) is 2.02. The molecule has 1 aliphatic rings. The molecule has 116 valence electrons. The van der Waals surface area contributed by atoms with Crippen LogP contribution < -0.4 is 10.5 Å². The second-order valence-electron chi connectivity index (χ2n) is 5.01. The standard InChI is InChI=1S/C11H13Cl2N3O4S/c12-7-2-3-8(9(13)10(7)16(17)18)21(19,20)15-6-11(14)4-1-5-11/h2-3,15H,1,4-6,14H2. The molecule has 0 saturated heterocycles. The van der Waals surface area contributed by atoms with Crippen LogP contribution in [-0.2, 0) is 10.0 Å². The van der Waals surface area contributed by atoms with Crippen molar-refractivity contribution in [3.63, 3.8) is 0 Å². The Hall–Kier alpha value is -0.930. The molecule has 0 spiro atoms. The van der Waals surface area contributed by atoms with Gasteiger partial charge in [0.05, 0.1) is 4.92 Å². The van der Waals surface area contributed by atoms with Gasteiger partial charge in [-0.2, -0.15) is 0 Å². The summed E-state index contributed by atoms with van der Waals surface area (Å²) in [6.45, 7) is 0.0576. The summed E-state index contributed by atoms with van der Waals surface area (Å²) in [5, 5.41) is 10.2. The number of hydrogen-bond donors (Lipinski definition) is 2. The van der Waals surface area contributed by atoms with E-state index in [1.165, 1.54) is 0 Å². The fraction of sp³-hybridized carbons (Fsp3) is 0.455. The lowest BCUT2D eigenvalue weighted by Gasteiger charge is -2.38. The van der Waals surface area contributed by atoms with Crippen molar-refractivity contribution in [1.82, 2.24) is 4.72 Å². The van der Waals surface area contributed by atoms with Gasteiger partial charge in [-0.3, -0.25) is 10.1 Å². The fourth-order valence-corrected chi connectivity index (χ4v) is 4.05. The predicted molar refractivity (Wildman–Crippen MR) is 79.1 cm³/mol. The topological polar surface area (TPSA) is 115 Å². The number of benzene rings is 1. The molecule has 0 aromatic heterocycles. The first-order chi connectivity index (χ1) is 9.66. The number of nitrogens with two attached hydrogens (primary N) is 1. The summed E-state index contributed by atoms with van der Waals surface area (Å²) < 4.78 is 26.8. The third-order valence-electron chi connectivity index (χ3n) is 3.47. The van der Waals surface area contributed by atoms with Gasteiger partial charge < -0.3 is 5.73 Å². The van der Waals surface area contributed by atoms with Crippen LogP contribution in [0.3, 0.4) is 0 Å². The Labute approximate surface area is 131 Å². The van der Waals surface area contributed by atoms with Crippen molar-refractivity contribution in [2.45, 2.75) is 29.7 Å². The molecule has 0 amide bonds. The van der Waals surface area contributed by atoms with Crippen LogP contribution in [0.2, 0.25) is 10.0 Å². The summed E-state index contributed by atoms with van der Waals surface area (Å²) in [7, 11) is -4.00. The highest BCUT2D eigenvalue weighted by Gasteiger charge is 2.35. The van der Waals surface area contributed by atoms with E-state index in [2.05, 4.69) is 4.72 Å². The molecular weight excluding hydrogens is 341 g/mol. The van der Waals surface area contributed by atoms with E-state index in [0.717, 1.165) is 31.4 Å². The van der Waals surface area contributed by atoms with E-state index in [9.17, 15) is 18.5 Å². The van der Waals surface area contributed by atoms with Crippen molar-refractivity contribution < 1.29 is 13.3 Å². The maximum Gasteiger partial charge on any atom is 0.307 e. The number of rotatable bonds is 5. The van der Waals surface area contributed by atoms with Gasteiger partial charge in [-0.15, -0.1) is 0 Å². The summed E-state index contributed by atoms with van der Waals surface area (Å²) >= 11 is 11.5. The van der Waals surface area contributed by atoms with Gasteiger partial charge in [0.25, 0.3) is 0 Å². The number of sulfonamides is 1. The maximum absolute atomic E-state index is 12.2. The number of nitro benzene ring substituents is 1. The summed E-state index contributed by atoms with van der Waals surface area (Å²) in [6, 6.07) is 2.26. The zero-order valence-electron chi connectivity index (χ0n) is 10.8. The molecule has 1 fully saturated rings.